The van der Waals surface area contributed by atoms with E-state index in [9.17, 15) is 0 Å². The molecule has 5 nitrogen and oxygen atoms in total. The van der Waals surface area contributed by atoms with Crippen LogP contribution in [0.25, 0.3) is 0 Å². The van der Waals surface area contributed by atoms with Crippen LogP contribution in [-0.4, -0.2) is 16.5 Å². The van der Waals surface area contributed by atoms with Crippen LogP contribution in [0.1, 0.15) is 6.92 Å². The molecule has 0 atom stereocenters. The molecule has 0 aliphatic rings. The molecule has 0 amide bonds. The second-order valence-electron chi connectivity index (χ2n) is 3.62. The predicted molar refractivity (Wildman–Crippen MR) is 75.3 cm³/mol. The lowest BCUT2D eigenvalue weighted by molar-refractivity contribution is 1.12. The summed E-state index contributed by atoms with van der Waals surface area (Å²) < 4.78 is 0. The van der Waals surface area contributed by atoms with E-state index in [1.54, 1.807) is 6.07 Å². The Labute approximate surface area is 110 Å². The highest BCUT2D eigenvalue weighted by atomic mass is 35.5. The molecule has 1 heterocycles. The zero-order valence-corrected chi connectivity index (χ0v) is 10.7. The van der Waals surface area contributed by atoms with Crippen molar-refractivity contribution >= 4 is 34.6 Å². The average Bonchev–Trinajstić information content (AvgIpc) is 2.37. The smallest absolute Gasteiger partial charge is 0.159 e. The molecule has 2 rings (SSSR count). The Morgan fingerprint density at radius 3 is 2.67 bits per heavy atom. The second kappa shape index (κ2) is 5.55. The summed E-state index contributed by atoms with van der Waals surface area (Å²) >= 11 is 6.07. The lowest BCUT2D eigenvalue weighted by atomic mass is 10.3. The summed E-state index contributed by atoms with van der Waals surface area (Å²) in [4.78, 5) is 8.18. The van der Waals surface area contributed by atoms with Crippen molar-refractivity contribution in [3.8, 4) is 0 Å². The molecule has 2 aromatic rings. The summed E-state index contributed by atoms with van der Waals surface area (Å²) in [5, 5.41) is 6.77. The van der Waals surface area contributed by atoms with E-state index in [4.69, 9.17) is 17.3 Å². The van der Waals surface area contributed by atoms with Gasteiger partial charge in [0.25, 0.3) is 0 Å². The lowest BCUT2D eigenvalue weighted by Gasteiger charge is -2.12. The third-order valence-electron chi connectivity index (χ3n) is 2.36. The zero-order valence-electron chi connectivity index (χ0n) is 9.94. The number of hydrogen-bond acceptors (Lipinski definition) is 5. The Morgan fingerprint density at radius 2 is 1.94 bits per heavy atom. The molecule has 0 saturated heterocycles. The number of hydrogen-bond donors (Lipinski definition) is 3. The van der Waals surface area contributed by atoms with Gasteiger partial charge in [-0.1, -0.05) is 23.7 Å². The van der Waals surface area contributed by atoms with Crippen molar-refractivity contribution in [1.29, 1.82) is 0 Å². The van der Waals surface area contributed by atoms with Crippen molar-refractivity contribution in [2.24, 2.45) is 0 Å². The fourth-order valence-electron chi connectivity index (χ4n) is 1.49. The van der Waals surface area contributed by atoms with Gasteiger partial charge in [-0.25, -0.2) is 9.97 Å². The van der Waals surface area contributed by atoms with Crippen LogP contribution in [0.2, 0.25) is 5.02 Å². The van der Waals surface area contributed by atoms with E-state index in [0.717, 1.165) is 12.2 Å². The number of nitrogens with one attached hydrogen (secondary N) is 2. The zero-order chi connectivity index (χ0) is 13.0. The Bertz CT molecular complexity index is 544. The van der Waals surface area contributed by atoms with E-state index in [2.05, 4.69) is 20.6 Å². The van der Waals surface area contributed by atoms with Gasteiger partial charge in [-0.3, -0.25) is 0 Å². The van der Waals surface area contributed by atoms with Crippen molar-refractivity contribution in [1.82, 2.24) is 9.97 Å². The third-order valence-corrected chi connectivity index (χ3v) is 2.68. The molecule has 4 N–H and O–H groups in total. The summed E-state index contributed by atoms with van der Waals surface area (Å²) in [6.07, 6.45) is 1.45. The van der Waals surface area contributed by atoms with E-state index in [0.29, 0.717) is 22.3 Å². The molecule has 1 aromatic carbocycles. The number of anilines is 4. The molecule has 18 heavy (non-hydrogen) atoms. The maximum Gasteiger partial charge on any atom is 0.159 e. The van der Waals surface area contributed by atoms with Gasteiger partial charge < -0.3 is 16.4 Å². The molecule has 0 bridgehead atoms. The number of nitrogens with two attached hydrogens (primary N) is 1. The first kappa shape index (κ1) is 12.4. The van der Waals surface area contributed by atoms with Crippen molar-refractivity contribution in [2.75, 3.05) is 22.9 Å². The predicted octanol–water partition coefficient (Wildman–Crippen LogP) is 2.89. The molecular weight excluding hydrogens is 250 g/mol. The highest BCUT2D eigenvalue weighted by molar-refractivity contribution is 6.33. The molecule has 0 aliphatic heterocycles. The van der Waals surface area contributed by atoms with Crippen LogP contribution in [-0.2, 0) is 0 Å². The SMILES string of the molecule is CCNc1ncnc(Nc2ccccc2Cl)c1N. The first-order valence-corrected chi connectivity index (χ1v) is 5.96. The number of halogens is 1. The van der Waals surface area contributed by atoms with Gasteiger partial charge in [0.15, 0.2) is 11.6 Å². The largest absolute Gasteiger partial charge is 0.393 e. The number of aromatic nitrogens is 2. The Kier molecular flexibility index (Phi) is 3.84. The number of para-hydroxylation sites is 1. The minimum Gasteiger partial charge on any atom is -0.393 e. The number of nitrogens with zero attached hydrogens (tertiary/aromatic N) is 2. The van der Waals surface area contributed by atoms with E-state index in [1.807, 2.05) is 25.1 Å². The van der Waals surface area contributed by atoms with E-state index >= 15 is 0 Å². The van der Waals surface area contributed by atoms with Gasteiger partial charge in [-0.05, 0) is 19.1 Å². The van der Waals surface area contributed by atoms with Crippen LogP contribution >= 0.6 is 11.6 Å². The Balaban J connectivity index is 2.30. The summed E-state index contributed by atoms with van der Waals surface area (Å²) in [6, 6.07) is 7.40. The standard InChI is InChI=1S/C12H14ClN5/c1-2-15-11-10(14)12(17-7-16-11)18-9-6-4-3-5-8(9)13/h3-7H,2,14H2,1H3,(H2,15,16,17,18). The summed E-state index contributed by atoms with van der Waals surface area (Å²) in [6.45, 7) is 2.72. The van der Waals surface area contributed by atoms with Crippen molar-refractivity contribution in [3.63, 3.8) is 0 Å². The quantitative estimate of drug-likeness (QED) is 0.791. The fraction of sp³-hybridized carbons (Fsp3) is 0.167. The molecule has 94 valence electrons. The number of nitrogen functional groups attached to an aromatic ring is 1. The third kappa shape index (κ3) is 2.62. The normalized spacial score (nSPS) is 10.1. The molecule has 0 spiro atoms. The summed E-state index contributed by atoms with van der Waals surface area (Å²) in [7, 11) is 0. The van der Waals surface area contributed by atoms with E-state index in [-0.39, 0.29) is 0 Å². The highest BCUT2D eigenvalue weighted by Gasteiger charge is 2.08. The van der Waals surface area contributed by atoms with Crippen LogP contribution in [0, 0.1) is 0 Å². The monoisotopic (exact) mass is 263 g/mol. The summed E-state index contributed by atoms with van der Waals surface area (Å²) in [5.41, 5.74) is 7.20. The van der Waals surface area contributed by atoms with E-state index < -0.39 is 0 Å². The van der Waals surface area contributed by atoms with Gasteiger partial charge in [0.1, 0.15) is 12.0 Å². The van der Waals surface area contributed by atoms with Crippen molar-refractivity contribution in [3.05, 3.63) is 35.6 Å². The topological polar surface area (TPSA) is 75.9 Å². The Morgan fingerprint density at radius 1 is 1.22 bits per heavy atom. The number of rotatable bonds is 4. The lowest BCUT2D eigenvalue weighted by Crippen LogP contribution is -2.07. The molecular formula is C12H14ClN5. The van der Waals surface area contributed by atoms with E-state index in [1.165, 1.54) is 6.33 Å². The molecule has 0 unspecified atom stereocenters. The molecule has 0 fully saturated rings. The molecule has 0 aliphatic carbocycles. The fourth-order valence-corrected chi connectivity index (χ4v) is 1.68. The molecule has 0 saturated carbocycles. The van der Waals surface area contributed by atoms with Gasteiger partial charge in [-0.15, -0.1) is 0 Å². The molecule has 6 heteroatoms. The minimum absolute atomic E-state index is 0.472. The van der Waals surface area contributed by atoms with Crippen LogP contribution in [0.4, 0.5) is 23.0 Å². The maximum absolute atomic E-state index is 6.07. The highest BCUT2D eigenvalue weighted by Crippen LogP contribution is 2.29. The van der Waals surface area contributed by atoms with Crippen molar-refractivity contribution < 1.29 is 0 Å². The van der Waals surface area contributed by atoms with Gasteiger partial charge in [0, 0.05) is 6.54 Å². The van der Waals surface area contributed by atoms with Gasteiger partial charge in [-0.2, -0.15) is 0 Å². The van der Waals surface area contributed by atoms with Gasteiger partial charge in [0.2, 0.25) is 0 Å². The minimum atomic E-state index is 0.472. The van der Waals surface area contributed by atoms with Gasteiger partial charge in [0.05, 0.1) is 10.7 Å². The molecule has 1 aromatic heterocycles. The average molecular weight is 264 g/mol. The summed E-state index contributed by atoms with van der Waals surface area (Å²) in [5.74, 6) is 1.15. The van der Waals surface area contributed by atoms with Crippen molar-refractivity contribution in [2.45, 2.75) is 6.92 Å². The first-order chi connectivity index (χ1) is 8.72. The Hall–Kier alpha value is -2.01. The van der Waals surface area contributed by atoms with Crippen LogP contribution in [0.15, 0.2) is 30.6 Å². The van der Waals surface area contributed by atoms with Crippen LogP contribution in [0.3, 0.4) is 0 Å². The van der Waals surface area contributed by atoms with Crippen LogP contribution < -0.4 is 16.4 Å². The number of benzene rings is 1. The second-order valence-corrected chi connectivity index (χ2v) is 4.03. The maximum atomic E-state index is 6.07. The van der Waals surface area contributed by atoms with Gasteiger partial charge >= 0.3 is 0 Å². The van der Waals surface area contributed by atoms with Crippen LogP contribution in [0.5, 0.6) is 0 Å². The first-order valence-electron chi connectivity index (χ1n) is 5.58. The molecule has 0 radical (unpaired) electrons.